The summed E-state index contributed by atoms with van der Waals surface area (Å²) < 4.78 is 4.99. The van der Waals surface area contributed by atoms with Gasteiger partial charge in [-0.15, -0.1) is 0 Å². The quantitative estimate of drug-likeness (QED) is 0.427. The number of benzene rings is 1. The van der Waals surface area contributed by atoms with Gasteiger partial charge in [-0.25, -0.2) is 0 Å². The number of carbonyl (C=O) groups excluding carboxylic acids is 1. The first-order valence-corrected chi connectivity index (χ1v) is 4.34. The molecule has 0 N–H and O–H groups in total. The van der Waals surface area contributed by atoms with Crippen LogP contribution in [0.2, 0.25) is 0 Å². The van der Waals surface area contributed by atoms with Gasteiger partial charge < -0.3 is 4.74 Å². The fourth-order valence-electron chi connectivity index (χ4n) is 1.23. The molecule has 15 heavy (non-hydrogen) atoms. The second-order valence-electron chi connectivity index (χ2n) is 3.12. The van der Waals surface area contributed by atoms with E-state index >= 15 is 0 Å². The summed E-state index contributed by atoms with van der Waals surface area (Å²) in [5, 5.41) is 10.2. The van der Waals surface area contributed by atoms with Crippen molar-refractivity contribution in [3.8, 4) is 5.75 Å². The van der Waals surface area contributed by atoms with Crippen LogP contribution in [0, 0.1) is 17.0 Å². The van der Waals surface area contributed by atoms with Crippen LogP contribution in [-0.4, -0.2) is 24.4 Å². The van der Waals surface area contributed by atoms with E-state index in [9.17, 15) is 14.9 Å². The molecule has 0 atom stereocenters. The van der Waals surface area contributed by atoms with E-state index in [4.69, 9.17) is 4.74 Å². The number of rotatable bonds is 4. The number of nitrogens with zero attached hydrogens (tertiary/aromatic N) is 1. The van der Waals surface area contributed by atoms with E-state index in [2.05, 4.69) is 0 Å². The Labute approximate surface area is 86.8 Å². The first kappa shape index (κ1) is 11.2. The van der Waals surface area contributed by atoms with Crippen LogP contribution in [-0.2, 0) is 0 Å². The number of carbonyl (C=O) groups is 1. The van der Waals surface area contributed by atoms with E-state index in [-0.39, 0.29) is 5.56 Å². The lowest BCUT2D eigenvalue weighted by Crippen LogP contribution is -2.14. The summed E-state index contributed by atoms with van der Waals surface area (Å²) in [6.45, 7) is 1.14. The summed E-state index contributed by atoms with van der Waals surface area (Å²) in [4.78, 5) is 21.0. The normalized spacial score (nSPS) is 9.73. The zero-order valence-corrected chi connectivity index (χ0v) is 8.52. The molecule has 1 rings (SSSR count). The lowest BCUT2D eigenvalue weighted by atomic mass is 10.1. The molecule has 1 aromatic carbocycles. The SMILES string of the molecule is COc1cc(C)ccc1C(=O)C[N+](=O)[O-]. The lowest BCUT2D eigenvalue weighted by molar-refractivity contribution is -0.465. The summed E-state index contributed by atoms with van der Waals surface area (Å²) in [7, 11) is 1.43. The van der Waals surface area contributed by atoms with Crippen molar-refractivity contribution < 1.29 is 14.5 Å². The third kappa shape index (κ3) is 2.77. The van der Waals surface area contributed by atoms with Gasteiger partial charge in [0.05, 0.1) is 12.7 Å². The summed E-state index contributed by atoms with van der Waals surface area (Å²) >= 11 is 0. The predicted octanol–water partition coefficient (Wildman–Crippen LogP) is 1.46. The molecule has 0 heterocycles. The van der Waals surface area contributed by atoms with Gasteiger partial charge in [0, 0.05) is 4.92 Å². The number of Topliss-reactive ketones (excluding diaryl/α,β-unsaturated/α-hetero) is 1. The van der Waals surface area contributed by atoms with Crippen molar-refractivity contribution >= 4 is 5.78 Å². The van der Waals surface area contributed by atoms with Gasteiger partial charge in [0.2, 0.25) is 5.78 Å². The molecule has 0 saturated carbocycles. The average molecular weight is 209 g/mol. The van der Waals surface area contributed by atoms with Gasteiger partial charge in [0.1, 0.15) is 5.75 Å². The standard InChI is InChI=1S/C10H11NO4/c1-7-3-4-8(10(5-7)15-2)9(12)6-11(13)14/h3-5H,6H2,1-2H3. The van der Waals surface area contributed by atoms with Crippen molar-refractivity contribution in [1.82, 2.24) is 0 Å². The molecule has 0 spiro atoms. The molecule has 0 fully saturated rings. The molecular formula is C10H11NO4. The van der Waals surface area contributed by atoms with E-state index in [1.54, 1.807) is 18.2 Å². The molecule has 0 aromatic heterocycles. The molecule has 0 saturated heterocycles. The molecule has 0 bridgehead atoms. The van der Waals surface area contributed by atoms with E-state index in [1.807, 2.05) is 6.92 Å². The van der Waals surface area contributed by atoms with Crippen LogP contribution in [0.25, 0.3) is 0 Å². The van der Waals surface area contributed by atoms with Crippen molar-refractivity contribution in [3.63, 3.8) is 0 Å². The maximum absolute atomic E-state index is 11.4. The van der Waals surface area contributed by atoms with Crippen LogP contribution in [0.3, 0.4) is 0 Å². The van der Waals surface area contributed by atoms with Crippen LogP contribution in [0.4, 0.5) is 0 Å². The minimum atomic E-state index is -0.709. The monoisotopic (exact) mass is 209 g/mol. The Balaban J connectivity index is 3.02. The number of ether oxygens (including phenoxy) is 1. The molecule has 80 valence electrons. The van der Waals surface area contributed by atoms with E-state index in [1.165, 1.54) is 7.11 Å². The lowest BCUT2D eigenvalue weighted by Gasteiger charge is -2.06. The van der Waals surface area contributed by atoms with Crippen LogP contribution in [0.15, 0.2) is 18.2 Å². The Morgan fingerprint density at radius 1 is 1.53 bits per heavy atom. The van der Waals surface area contributed by atoms with Gasteiger partial charge in [-0.2, -0.15) is 0 Å². The topological polar surface area (TPSA) is 69.4 Å². The second kappa shape index (κ2) is 4.54. The highest BCUT2D eigenvalue weighted by molar-refractivity contribution is 5.99. The van der Waals surface area contributed by atoms with Crippen molar-refractivity contribution in [3.05, 3.63) is 39.4 Å². The van der Waals surface area contributed by atoms with Gasteiger partial charge in [-0.05, 0) is 24.6 Å². The van der Waals surface area contributed by atoms with Crippen LogP contribution >= 0.6 is 0 Å². The highest BCUT2D eigenvalue weighted by Crippen LogP contribution is 2.20. The zero-order valence-electron chi connectivity index (χ0n) is 8.52. The fourth-order valence-corrected chi connectivity index (χ4v) is 1.23. The van der Waals surface area contributed by atoms with Gasteiger partial charge >= 0.3 is 0 Å². The van der Waals surface area contributed by atoms with Crippen LogP contribution in [0.1, 0.15) is 15.9 Å². The summed E-state index contributed by atoms with van der Waals surface area (Å²) in [6.07, 6.45) is 0. The molecule has 0 radical (unpaired) electrons. The summed E-state index contributed by atoms with van der Waals surface area (Å²) in [5.41, 5.74) is 1.18. The third-order valence-corrected chi connectivity index (χ3v) is 1.93. The van der Waals surface area contributed by atoms with Gasteiger partial charge in [-0.3, -0.25) is 14.9 Å². The summed E-state index contributed by atoms with van der Waals surface area (Å²) in [5.74, 6) is -0.168. The van der Waals surface area contributed by atoms with Gasteiger partial charge in [0.25, 0.3) is 6.54 Å². The second-order valence-corrected chi connectivity index (χ2v) is 3.12. The minimum Gasteiger partial charge on any atom is -0.496 e. The highest BCUT2D eigenvalue weighted by atomic mass is 16.6. The first-order valence-electron chi connectivity index (χ1n) is 4.34. The number of methoxy groups -OCH3 is 1. The van der Waals surface area contributed by atoms with Crippen molar-refractivity contribution in [2.45, 2.75) is 6.92 Å². The van der Waals surface area contributed by atoms with Gasteiger partial charge in [-0.1, -0.05) is 6.07 Å². The maximum Gasteiger partial charge on any atom is 0.265 e. The number of hydrogen-bond donors (Lipinski definition) is 0. The Morgan fingerprint density at radius 3 is 2.73 bits per heavy atom. The fraction of sp³-hybridized carbons (Fsp3) is 0.300. The molecule has 1 aromatic rings. The molecule has 0 aliphatic rings. The van der Waals surface area contributed by atoms with Gasteiger partial charge in [0.15, 0.2) is 0 Å². The van der Waals surface area contributed by atoms with Crippen molar-refractivity contribution in [2.75, 3.05) is 13.7 Å². The molecule has 0 unspecified atom stereocenters. The molecule has 0 aliphatic heterocycles. The first-order chi connectivity index (χ1) is 7.04. The third-order valence-electron chi connectivity index (χ3n) is 1.93. The smallest absolute Gasteiger partial charge is 0.265 e. The Kier molecular flexibility index (Phi) is 3.38. The van der Waals surface area contributed by atoms with E-state index in [0.29, 0.717) is 5.75 Å². The predicted molar refractivity (Wildman–Crippen MR) is 53.9 cm³/mol. The maximum atomic E-state index is 11.4. The van der Waals surface area contributed by atoms with Crippen LogP contribution in [0.5, 0.6) is 5.75 Å². The van der Waals surface area contributed by atoms with E-state index in [0.717, 1.165) is 5.56 Å². The number of hydrogen-bond acceptors (Lipinski definition) is 4. The summed E-state index contributed by atoms with van der Waals surface area (Å²) in [6, 6.07) is 4.93. The number of ketones is 1. The average Bonchev–Trinajstić information content (AvgIpc) is 2.16. The Hall–Kier alpha value is -1.91. The largest absolute Gasteiger partial charge is 0.496 e. The van der Waals surface area contributed by atoms with Crippen LogP contribution < -0.4 is 4.74 Å². The Morgan fingerprint density at radius 2 is 2.20 bits per heavy atom. The minimum absolute atomic E-state index is 0.250. The highest BCUT2D eigenvalue weighted by Gasteiger charge is 2.17. The zero-order chi connectivity index (χ0) is 11.4. The Bertz CT molecular complexity index is 400. The number of aryl methyl sites for hydroxylation is 1. The van der Waals surface area contributed by atoms with Crippen molar-refractivity contribution in [2.24, 2.45) is 0 Å². The number of nitro groups is 1. The van der Waals surface area contributed by atoms with E-state index < -0.39 is 17.3 Å². The molecular weight excluding hydrogens is 198 g/mol. The molecule has 0 amide bonds. The van der Waals surface area contributed by atoms with Crippen molar-refractivity contribution in [1.29, 1.82) is 0 Å². The molecule has 0 aliphatic carbocycles. The molecule has 5 heteroatoms. The molecule has 5 nitrogen and oxygen atoms in total.